The summed E-state index contributed by atoms with van der Waals surface area (Å²) in [7, 11) is 0. The molecule has 0 aromatic carbocycles. The lowest BCUT2D eigenvalue weighted by Crippen LogP contribution is -2.52. The number of urea groups is 1. The average molecular weight is 329 g/mol. The predicted octanol–water partition coefficient (Wildman–Crippen LogP) is 2.21. The number of carbonyl (C=O) groups is 1. The van der Waals surface area contributed by atoms with E-state index in [0.717, 1.165) is 5.69 Å². The van der Waals surface area contributed by atoms with Crippen molar-refractivity contribution in [1.29, 1.82) is 0 Å². The first-order valence-corrected chi connectivity index (χ1v) is 7.97. The molecule has 24 heavy (non-hydrogen) atoms. The van der Waals surface area contributed by atoms with E-state index in [1.165, 1.54) is 6.07 Å². The van der Waals surface area contributed by atoms with Gasteiger partial charge in [-0.1, -0.05) is 6.07 Å². The largest absolute Gasteiger partial charge is 0.351 e. The molecule has 7 heteroatoms. The zero-order chi connectivity index (χ0) is 16.9. The van der Waals surface area contributed by atoms with Gasteiger partial charge in [-0.3, -0.25) is 4.98 Å². The first-order chi connectivity index (χ1) is 11.6. The van der Waals surface area contributed by atoms with Gasteiger partial charge in [-0.05, 0) is 31.2 Å². The first-order valence-electron chi connectivity index (χ1n) is 7.97. The monoisotopic (exact) mass is 329 g/mol. The maximum Gasteiger partial charge on any atom is 0.318 e. The van der Waals surface area contributed by atoms with Crippen molar-refractivity contribution in [3.63, 3.8) is 0 Å². The fourth-order valence-electron chi connectivity index (χ4n) is 2.71. The van der Waals surface area contributed by atoms with Gasteiger partial charge in [0.05, 0.1) is 11.7 Å². The molecule has 1 atom stereocenters. The van der Waals surface area contributed by atoms with Crippen molar-refractivity contribution in [2.24, 2.45) is 0 Å². The molecule has 1 N–H and O–H groups in total. The van der Waals surface area contributed by atoms with Gasteiger partial charge >= 0.3 is 6.03 Å². The molecule has 0 spiro atoms. The zero-order valence-corrected chi connectivity index (χ0v) is 13.5. The number of nitrogens with zero attached hydrogens (tertiary/aromatic N) is 4. The number of pyridine rings is 2. The van der Waals surface area contributed by atoms with Gasteiger partial charge in [-0.2, -0.15) is 0 Å². The number of aromatic nitrogens is 2. The third kappa shape index (κ3) is 3.61. The van der Waals surface area contributed by atoms with Crippen LogP contribution in [0.5, 0.6) is 0 Å². The second-order valence-corrected chi connectivity index (χ2v) is 5.71. The normalized spacial score (nSPS) is 15.9. The van der Waals surface area contributed by atoms with Gasteiger partial charge in [-0.15, -0.1) is 0 Å². The summed E-state index contributed by atoms with van der Waals surface area (Å²) in [5.74, 6) is 0.0126. The minimum atomic E-state index is -0.334. The van der Waals surface area contributed by atoms with Crippen LogP contribution < -0.4 is 10.2 Å². The van der Waals surface area contributed by atoms with Crippen LogP contribution in [0.15, 0.2) is 42.7 Å². The number of halogens is 1. The van der Waals surface area contributed by atoms with Crippen LogP contribution in [-0.4, -0.2) is 47.1 Å². The Labute approximate surface area is 140 Å². The van der Waals surface area contributed by atoms with Crippen LogP contribution in [0.3, 0.4) is 0 Å². The molecule has 1 aliphatic rings. The number of hydrogen-bond donors (Lipinski definition) is 1. The van der Waals surface area contributed by atoms with E-state index < -0.39 is 0 Å². The van der Waals surface area contributed by atoms with Gasteiger partial charge in [0.25, 0.3) is 0 Å². The van der Waals surface area contributed by atoms with E-state index >= 15 is 0 Å². The van der Waals surface area contributed by atoms with Crippen LogP contribution in [0.4, 0.5) is 15.0 Å². The third-order valence-corrected chi connectivity index (χ3v) is 4.08. The van der Waals surface area contributed by atoms with Crippen LogP contribution >= 0.6 is 0 Å². The van der Waals surface area contributed by atoms with E-state index in [0.29, 0.717) is 32.0 Å². The second-order valence-electron chi connectivity index (χ2n) is 5.71. The van der Waals surface area contributed by atoms with Crippen molar-refractivity contribution < 1.29 is 9.18 Å². The molecule has 0 bridgehead atoms. The van der Waals surface area contributed by atoms with Crippen molar-refractivity contribution >= 4 is 11.8 Å². The standard InChI is InChI=1S/C17H20FN5O/c1-13(15-6-2-3-7-19-15)21-17(24)23-11-9-22(10-12-23)16-14(18)5-4-8-20-16/h2-8,13H,9-12H2,1H3,(H,21,24). The van der Waals surface area contributed by atoms with E-state index in [-0.39, 0.29) is 17.9 Å². The molecule has 3 rings (SSSR count). The summed E-state index contributed by atoms with van der Waals surface area (Å²) < 4.78 is 13.8. The Kier molecular flexibility index (Phi) is 4.88. The van der Waals surface area contributed by atoms with Crippen LogP contribution in [0.25, 0.3) is 0 Å². The number of piperazine rings is 1. The molecule has 2 amide bonds. The molecular formula is C17H20FN5O. The van der Waals surface area contributed by atoms with Gasteiger partial charge in [0.15, 0.2) is 11.6 Å². The lowest BCUT2D eigenvalue weighted by Gasteiger charge is -2.35. The molecule has 6 nitrogen and oxygen atoms in total. The van der Waals surface area contributed by atoms with Gasteiger partial charge in [0, 0.05) is 38.6 Å². The fraction of sp³-hybridized carbons (Fsp3) is 0.353. The molecule has 3 heterocycles. The Bertz CT molecular complexity index is 688. The summed E-state index contributed by atoms with van der Waals surface area (Å²) in [4.78, 5) is 24.3. The minimum absolute atomic E-state index is 0.130. The Morgan fingerprint density at radius 3 is 2.54 bits per heavy atom. The highest BCUT2D eigenvalue weighted by molar-refractivity contribution is 5.75. The van der Waals surface area contributed by atoms with Gasteiger partial charge in [0.2, 0.25) is 0 Å². The molecule has 2 aromatic heterocycles. The van der Waals surface area contributed by atoms with Gasteiger partial charge < -0.3 is 15.1 Å². The molecule has 2 aromatic rings. The van der Waals surface area contributed by atoms with Crippen molar-refractivity contribution in [2.45, 2.75) is 13.0 Å². The lowest BCUT2D eigenvalue weighted by molar-refractivity contribution is 0.190. The molecule has 0 radical (unpaired) electrons. The summed E-state index contributed by atoms with van der Waals surface area (Å²) in [5, 5.41) is 2.95. The van der Waals surface area contributed by atoms with Gasteiger partial charge in [-0.25, -0.2) is 14.2 Å². The summed E-state index contributed by atoms with van der Waals surface area (Å²) >= 11 is 0. The molecule has 0 aliphatic carbocycles. The van der Waals surface area contributed by atoms with Gasteiger partial charge in [0.1, 0.15) is 0 Å². The SMILES string of the molecule is CC(NC(=O)N1CCN(c2ncccc2F)CC1)c1ccccn1. The molecule has 126 valence electrons. The van der Waals surface area contributed by atoms with Crippen molar-refractivity contribution in [3.8, 4) is 0 Å². The highest BCUT2D eigenvalue weighted by atomic mass is 19.1. The number of nitrogens with one attached hydrogen (secondary N) is 1. The Morgan fingerprint density at radius 1 is 1.12 bits per heavy atom. The summed E-state index contributed by atoms with van der Waals surface area (Å²) in [5.41, 5.74) is 0.819. The third-order valence-electron chi connectivity index (χ3n) is 4.08. The molecule has 1 unspecified atom stereocenters. The first kappa shape index (κ1) is 16.2. The summed E-state index contributed by atoms with van der Waals surface area (Å²) in [6.45, 7) is 4.06. The maximum atomic E-state index is 13.8. The Balaban J connectivity index is 1.55. The van der Waals surface area contributed by atoms with E-state index in [1.807, 2.05) is 30.0 Å². The van der Waals surface area contributed by atoms with Crippen molar-refractivity contribution in [2.75, 3.05) is 31.1 Å². The van der Waals surface area contributed by atoms with Crippen molar-refractivity contribution in [1.82, 2.24) is 20.2 Å². The Hall–Kier alpha value is -2.70. The number of hydrogen-bond acceptors (Lipinski definition) is 4. The number of carbonyl (C=O) groups excluding carboxylic acids is 1. The van der Waals surface area contributed by atoms with E-state index in [2.05, 4.69) is 15.3 Å². The topological polar surface area (TPSA) is 61.4 Å². The smallest absolute Gasteiger partial charge is 0.318 e. The molecule has 1 aliphatic heterocycles. The Morgan fingerprint density at radius 2 is 1.88 bits per heavy atom. The van der Waals surface area contributed by atoms with E-state index in [4.69, 9.17) is 0 Å². The molecular weight excluding hydrogens is 309 g/mol. The van der Waals surface area contributed by atoms with Crippen LogP contribution in [0, 0.1) is 5.82 Å². The average Bonchev–Trinajstić information content (AvgIpc) is 2.63. The highest BCUT2D eigenvalue weighted by Crippen LogP contribution is 2.17. The van der Waals surface area contributed by atoms with Crippen molar-refractivity contribution in [3.05, 3.63) is 54.2 Å². The van der Waals surface area contributed by atoms with E-state index in [9.17, 15) is 9.18 Å². The maximum absolute atomic E-state index is 13.8. The summed E-state index contributed by atoms with van der Waals surface area (Å²) in [6.07, 6.45) is 3.28. The molecule has 1 fully saturated rings. The fourth-order valence-corrected chi connectivity index (χ4v) is 2.71. The predicted molar refractivity (Wildman–Crippen MR) is 89.2 cm³/mol. The lowest BCUT2D eigenvalue weighted by atomic mass is 10.2. The minimum Gasteiger partial charge on any atom is -0.351 e. The van der Waals surface area contributed by atoms with E-state index in [1.54, 1.807) is 23.4 Å². The van der Waals surface area contributed by atoms with Crippen LogP contribution in [0.2, 0.25) is 0 Å². The summed E-state index contributed by atoms with van der Waals surface area (Å²) in [6, 6.07) is 8.29. The number of rotatable bonds is 3. The molecule has 1 saturated heterocycles. The number of anilines is 1. The second kappa shape index (κ2) is 7.25. The number of amides is 2. The molecule has 0 saturated carbocycles. The quantitative estimate of drug-likeness (QED) is 0.938. The zero-order valence-electron chi connectivity index (χ0n) is 13.5. The van der Waals surface area contributed by atoms with Crippen LogP contribution in [0.1, 0.15) is 18.7 Å². The highest BCUT2D eigenvalue weighted by Gasteiger charge is 2.24. The van der Waals surface area contributed by atoms with Crippen LogP contribution in [-0.2, 0) is 0 Å².